The number of aliphatic hydroxyl groups is 1. The molecule has 1 aliphatic carbocycles. The van der Waals surface area contributed by atoms with Crippen molar-refractivity contribution < 1.29 is 9.50 Å². The van der Waals surface area contributed by atoms with Gasteiger partial charge in [-0.25, -0.2) is 4.39 Å². The molecule has 0 amide bonds. The molecule has 4 heteroatoms. The van der Waals surface area contributed by atoms with E-state index in [2.05, 4.69) is 28.1 Å². The summed E-state index contributed by atoms with van der Waals surface area (Å²) in [4.78, 5) is 0. The molecule has 0 saturated heterocycles. The minimum Gasteiger partial charge on any atom is -0.388 e. The van der Waals surface area contributed by atoms with Crippen molar-refractivity contribution >= 4 is 27.5 Å². The second-order valence-electron chi connectivity index (χ2n) is 5.48. The van der Waals surface area contributed by atoms with Gasteiger partial charge in [0, 0.05) is 10.0 Å². The van der Waals surface area contributed by atoms with E-state index in [0.717, 1.165) is 19.3 Å². The first-order valence-corrected chi connectivity index (χ1v) is 8.13. The van der Waals surface area contributed by atoms with Crippen molar-refractivity contribution in [3.8, 4) is 0 Å². The van der Waals surface area contributed by atoms with Crippen LogP contribution in [0, 0.1) is 11.7 Å². The van der Waals surface area contributed by atoms with Gasteiger partial charge in [-0.1, -0.05) is 41.9 Å². The van der Waals surface area contributed by atoms with Crippen LogP contribution in [0.3, 0.4) is 0 Å². The van der Waals surface area contributed by atoms with Crippen molar-refractivity contribution in [1.29, 1.82) is 0 Å². The zero-order chi connectivity index (χ0) is 15.0. The summed E-state index contributed by atoms with van der Waals surface area (Å²) in [5.74, 6) is -0.510. The molecule has 1 N–H and O–H groups in total. The Hall–Kier alpha value is -0.900. The van der Waals surface area contributed by atoms with Gasteiger partial charge in [0.15, 0.2) is 0 Å². The van der Waals surface area contributed by atoms with Gasteiger partial charge in [-0.15, -0.1) is 0 Å². The third kappa shape index (κ3) is 2.87. The Balaban J connectivity index is 1.87. The summed E-state index contributed by atoms with van der Waals surface area (Å²) in [5.41, 5.74) is 2.86. The molecule has 0 fully saturated rings. The number of aliphatic hydroxyl groups excluding tert-OH is 1. The maximum atomic E-state index is 14.2. The maximum absolute atomic E-state index is 14.2. The molecular formula is C17H15BrClFO. The minimum absolute atomic E-state index is 0.0200. The highest BCUT2D eigenvalue weighted by Crippen LogP contribution is 2.37. The Bertz CT molecular complexity index is 674. The van der Waals surface area contributed by atoms with E-state index < -0.39 is 11.9 Å². The van der Waals surface area contributed by atoms with Gasteiger partial charge >= 0.3 is 0 Å². The molecule has 110 valence electrons. The van der Waals surface area contributed by atoms with Crippen LogP contribution in [0.4, 0.5) is 4.39 Å². The number of rotatable bonds is 2. The Morgan fingerprint density at radius 2 is 1.90 bits per heavy atom. The molecule has 2 aromatic carbocycles. The largest absolute Gasteiger partial charge is 0.388 e. The lowest BCUT2D eigenvalue weighted by atomic mass is 9.79. The number of hydrogen-bond donors (Lipinski definition) is 1. The van der Waals surface area contributed by atoms with E-state index in [9.17, 15) is 9.50 Å². The van der Waals surface area contributed by atoms with Crippen molar-refractivity contribution in [2.45, 2.75) is 25.4 Å². The topological polar surface area (TPSA) is 20.2 Å². The molecule has 0 saturated carbocycles. The smallest absolute Gasteiger partial charge is 0.148 e. The summed E-state index contributed by atoms with van der Waals surface area (Å²) >= 11 is 9.11. The van der Waals surface area contributed by atoms with Crippen LogP contribution < -0.4 is 0 Å². The molecule has 2 atom stereocenters. The van der Waals surface area contributed by atoms with Gasteiger partial charge in [0.2, 0.25) is 0 Å². The van der Waals surface area contributed by atoms with E-state index in [1.54, 1.807) is 12.1 Å². The predicted octanol–water partition coefficient (Wildman–Crippen LogP) is 5.08. The standard InChI is InChI=1S/C17H15BrClFO/c18-14-8-7-13(16(20)15(14)19)17(21)12-6-5-10-3-1-2-4-11(10)9-12/h1-4,7-8,12,17,21H,5-6,9H2. The second kappa shape index (κ2) is 6.07. The second-order valence-corrected chi connectivity index (χ2v) is 6.71. The lowest BCUT2D eigenvalue weighted by Gasteiger charge is -2.29. The molecule has 2 aromatic rings. The van der Waals surface area contributed by atoms with Gasteiger partial charge in [0.1, 0.15) is 5.82 Å². The number of fused-ring (bicyclic) bond motifs is 1. The molecule has 1 aliphatic rings. The summed E-state index contributed by atoms with van der Waals surface area (Å²) in [7, 11) is 0. The summed E-state index contributed by atoms with van der Waals surface area (Å²) < 4.78 is 14.7. The van der Waals surface area contributed by atoms with E-state index in [0.29, 0.717) is 4.47 Å². The summed E-state index contributed by atoms with van der Waals surface area (Å²) in [5, 5.41) is 10.6. The molecule has 3 rings (SSSR count). The minimum atomic E-state index is -0.830. The highest BCUT2D eigenvalue weighted by atomic mass is 79.9. The lowest BCUT2D eigenvalue weighted by Crippen LogP contribution is -2.22. The fourth-order valence-corrected chi connectivity index (χ4v) is 3.50. The highest BCUT2D eigenvalue weighted by Gasteiger charge is 2.28. The van der Waals surface area contributed by atoms with E-state index >= 15 is 0 Å². The van der Waals surface area contributed by atoms with Crippen LogP contribution in [0.15, 0.2) is 40.9 Å². The highest BCUT2D eigenvalue weighted by molar-refractivity contribution is 9.10. The van der Waals surface area contributed by atoms with E-state index in [1.807, 2.05) is 12.1 Å². The number of aryl methyl sites for hydroxylation is 1. The molecule has 0 bridgehead atoms. The molecule has 1 nitrogen and oxygen atoms in total. The molecule has 0 radical (unpaired) electrons. The van der Waals surface area contributed by atoms with Crippen molar-refractivity contribution in [2.24, 2.45) is 5.92 Å². The third-order valence-electron chi connectivity index (χ3n) is 4.22. The first-order chi connectivity index (χ1) is 10.1. The first kappa shape index (κ1) is 15.0. The van der Waals surface area contributed by atoms with Crippen LogP contribution in [0.1, 0.15) is 29.2 Å². The SMILES string of the molecule is OC(c1ccc(Br)c(Cl)c1F)C1CCc2ccccc2C1. The normalized spacial score (nSPS) is 19.1. The van der Waals surface area contributed by atoms with Gasteiger partial charge in [-0.2, -0.15) is 0 Å². The lowest BCUT2D eigenvalue weighted by molar-refractivity contribution is 0.0959. The van der Waals surface area contributed by atoms with Crippen LogP contribution in [0.5, 0.6) is 0 Å². The van der Waals surface area contributed by atoms with Gasteiger partial charge in [0.05, 0.1) is 11.1 Å². The Kier molecular flexibility index (Phi) is 4.34. The van der Waals surface area contributed by atoms with E-state index in [1.165, 1.54) is 11.1 Å². The summed E-state index contributed by atoms with van der Waals surface area (Å²) in [6.45, 7) is 0. The van der Waals surface area contributed by atoms with E-state index in [-0.39, 0.29) is 16.5 Å². The molecule has 2 unspecified atom stereocenters. The zero-order valence-electron chi connectivity index (χ0n) is 11.3. The van der Waals surface area contributed by atoms with Crippen molar-refractivity contribution in [3.63, 3.8) is 0 Å². The molecule has 0 spiro atoms. The number of halogens is 3. The van der Waals surface area contributed by atoms with Crippen LogP contribution in [0.25, 0.3) is 0 Å². The van der Waals surface area contributed by atoms with E-state index in [4.69, 9.17) is 11.6 Å². The Labute approximate surface area is 136 Å². The molecule has 0 heterocycles. The maximum Gasteiger partial charge on any atom is 0.148 e. The van der Waals surface area contributed by atoms with Gasteiger partial charge in [-0.05, 0) is 58.3 Å². The van der Waals surface area contributed by atoms with Crippen LogP contribution >= 0.6 is 27.5 Å². The average molecular weight is 370 g/mol. The predicted molar refractivity (Wildman–Crippen MR) is 86.0 cm³/mol. The van der Waals surface area contributed by atoms with Gasteiger partial charge in [0.25, 0.3) is 0 Å². The third-order valence-corrected chi connectivity index (χ3v) is 5.47. The summed E-state index contributed by atoms with van der Waals surface area (Å²) in [6, 6.07) is 11.5. The Morgan fingerprint density at radius 3 is 2.67 bits per heavy atom. The quantitative estimate of drug-likeness (QED) is 0.732. The number of benzene rings is 2. The van der Waals surface area contributed by atoms with Crippen LogP contribution in [0.2, 0.25) is 5.02 Å². The molecular weight excluding hydrogens is 355 g/mol. The van der Waals surface area contributed by atoms with Crippen LogP contribution in [-0.4, -0.2) is 5.11 Å². The van der Waals surface area contributed by atoms with Crippen molar-refractivity contribution in [2.75, 3.05) is 0 Å². The fourth-order valence-electron chi connectivity index (χ4n) is 3.02. The molecule has 0 aliphatic heterocycles. The average Bonchev–Trinajstić information content (AvgIpc) is 2.52. The monoisotopic (exact) mass is 368 g/mol. The summed E-state index contributed by atoms with van der Waals surface area (Å²) in [6.07, 6.45) is 1.71. The fraction of sp³-hybridized carbons (Fsp3) is 0.294. The van der Waals surface area contributed by atoms with Gasteiger partial charge < -0.3 is 5.11 Å². The van der Waals surface area contributed by atoms with Gasteiger partial charge in [-0.3, -0.25) is 0 Å². The molecule has 21 heavy (non-hydrogen) atoms. The number of hydrogen-bond acceptors (Lipinski definition) is 1. The molecule has 0 aromatic heterocycles. The van der Waals surface area contributed by atoms with Crippen molar-refractivity contribution in [3.05, 3.63) is 68.4 Å². The Morgan fingerprint density at radius 1 is 1.19 bits per heavy atom. The van der Waals surface area contributed by atoms with Crippen LogP contribution in [-0.2, 0) is 12.8 Å². The first-order valence-electron chi connectivity index (χ1n) is 6.96. The zero-order valence-corrected chi connectivity index (χ0v) is 13.7. The van der Waals surface area contributed by atoms with Crippen molar-refractivity contribution in [1.82, 2.24) is 0 Å².